The van der Waals surface area contributed by atoms with Crippen molar-refractivity contribution in [2.45, 2.75) is 51.9 Å². The first-order valence-corrected chi connectivity index (χ1v) is 5.14. The Morgan fingerprint density at radius 1 is 1.15 bits per heavy atom. The minimum absolute atomic E-state index is 0.324. The number of hydrogen-bond acceptors (Lipinski definition) is 1. The van der Waals surface area contributed by atoms with E-state index in [1.54, 1.807) is 0 Å². The van der Waals surface area contributed by atoms with Crippen LogP contribution in [-0.4, -0.2) is 11.1 Å². The Hall–Kier alpha value is -0.790. The zero-order valence-corrected chi connectivity index (χ0v) is 8.46. The quantitative estimate of drug-likeness (QED) is 0.464. The number of allylic oxidation sites excluding steroid dienone is 2. The molecule has 0 heterocycles. The molecule has 0 saturated heterocycles. The minimum Gasteiger partial charge on any atom is -0.481 e. The molecule has 13 heavy (non-hydrogen) atoms. The Balaban J connectivity index is 2.99. The molecule has 0 unspecified atom stereocenters. The van der Waals surface area contributed by atoms with E-state index < -0.39 is 5.97 Å². The summed E-state index contributed by atoms with van der Waals surface area (Å²) in [7, 11) is 0. The van der Waals surface area contributed by atoms with Crippen molar-refractivity contribution in [2.75, 3.05) is 0 Å². The van der Waals surface area contributed by atoms with E-state index in [4.69, 9.17) is 5.11 Å². The first kappa shape index (κ1) is 12.2. The largest absolute Gasteiger partial charge is 0.481 e. The van der Waals surface area contributed by atoms with Gasteiger partial charge in [-0.1, -0.05) is 31.9 Å². The highest BCUT2D eigenvalue weighted by Crippen LogP contribution is 2.05. The Labute approximate surface area is 80.7 Å². The van der Waals surface area contributed by atoms with Crippen LogP contribution in [0.1, 0.15) is 51.9 Å². The third-order valence-electron chi connectivity index (χ3n) is 1.91. The van der Waals surface area contributed by atoms with Gasteiger partial charge < -0.3 is 5.11 Å². The average Bonchev–Trinajstić information content (AvgIpc) is 2.09. The van der Waals surface area contributed by atoms with Gasteiger partial charge in [-0.3, -0.25) is 4.79 Å². The summed E-state index contributed by atoms with van der Waals surface area (Å²) in [5.74, 6) is -0.675. The van der Waals surface area contributed by atoms with Crippen LogP contribution < -0.4 is 0 Å². The molecule has 0 rings (SSSR count). The van der Waals surface area contributed by atoms with Crippen molar-refractivity contribution in [1.82, 2.24) is 0 Å². The molecule has 0 saturated carbocycles. The van der Waals surface area contributed by atoms with E-state index in [1.165, 1.54) is 6.42 Å². The standard InChI is InChI=1S/C11H20O2/c1-2-3-4-5-6-7-8-9-10-11(12)13/h3-4H,2,5-10H2,1H3,(H,12,13)/b4-3+. The second-order valence-electron chi connectivity index (χ2n) is 3.23. The molecular formula is C11H20O2. The molecule has 0 spiro atoms. The van der Waals surface area contributed by atoms with Crippen molar-refractivity contribution in [3.63, 3.8) is 0 Å². The molecule has 0 aromatic heterocycles. The summed E-state index contributed by atoms with van der Waals surface area (Å²) in [4.78, 5) is 10.2. The number of rotatable bonds is 8. The van der Waals surface area contributed by atoms with Gasteiger partial charge in [0.05, 0.1) is 0 Å². The number of carbonyl (C=O) groups is 1. The molecule has 0 amide bonds. The highest BCUT2D eigenvalue weighted by molar-refractivity contribution is 5.66. The summed E-state index contributed by atoms with van der Waals surface area (Å²) in [5.41, 5.74) is 0. The van der Waals surface area contributed by atoms with Crippen molar-refractivity contribution in [3.05, 3.63) is 12.2 Å². The van der Waals surface area contributed by atoms with Crippen LogP contribution in [0.15, 0.2) is 12.2 Å². The zero-order chi connectivity index (χ0) is 9.94. The number of carboxylic acid groups (broad SMARTS) is 1. The molecule has 0 atom stereocenters. The van der Waals surface area contributed by atoms with Crippen LogP contribution in [0, 0.1) is 0 Å². The van der Waals surface area contributed by atoms with Gasteiger partial charge in [-0.25, -0.2) is 0 Å². The van der Waals surface area contributed by atoms with Gasteiger partial charge in [0.25, 0.3) is 0 Å². The van der Waals surface area contributed by atoms with Gasteiger partial charge in [-0.05, 0) is 25.7 Å². The van der Waals surface area contributed by atoms with Crippen molar-refractivity contribution in [3.8, 4) is 0 Å². The van der Waals surface area contributed by atoms with Gasteiger partial charge in [-0.2, -0.15) is 0 Å². The maximum Gasteiger partial charge on any atom is 0.303 e. The Morgan fingerprint density at radius 3 is 2.46 bits per heavy atom. The van der Waals surface area contributed by atoms with E-state index in [2.05, 4.69) is 19.1 Å². The van der Waals surface area contributed by atoms with Crippen molar-refractivity contribution in [2.24, 2.45) is 0 Å². The lowest BCUT2D eigenvalue weighted by Crippen LogP contribution is -1.93. The van der Waals surface area contributed by atoms with Gasteiger partial charge in [0, 0.05) is 6.42 Å². The van der Waals surface area contributed by atoms with Crippen LogP contribution in [0.4, 0.5) is 0 Å². The topological polar surface area (TPSA) is 37.3 Å². The maximum atomic E-state index is 10.2. The molecule has 0 fully saturated rings. The lowest BCUT2D eigenvalue weighted by Gasteiger charge is -1.96. The fourth-order valence-electron chi connectivity index (χ4n) is 1.18. The monoisotopic (exact) mass is 184 g/mol. The highest BCUT2D eigenvalue weighted by Gasteiger charge is 1.95. The molecule has 0 aromatic rings. The summed E-state index contributed by atoms with van der Waals surface area (Å²) in [6, 6.07) is 0. The average molecular weight is 184 g/mol. The van der Waals surface area contributed by atoms with Crippen LogP contribution >= 0.6 is 0 Å². The highest BCUT2D eigenvalue weighted by atomic mass is 16.4. The normalized spacial score (nSPS) is 10.8. The summed E-state index contributed by atoms with van der Waals surface area (Å²) in [6.45, 7) is 2.13. The van der Waals surface area contributed by atoms with Gasteiger partial charge >= 0.3 is 5.97 Å². The molecule has 0 radical (unpaired) electrons. The lowest BCUT2D eigenvalue weighted by molar-refractivity contribution is -0.137. The minimum atomic E-state index is -0.675. The second-order valence-corrected chi connectivity index (χ2v) is 3.23. The molecule has 2 nitrogen and oxygen atoms in total. The fraction of sp³-hybridized carbons (Fsp3) is 0.727. The summed E-state index contributed by atoms with van der Waals surface area (Å²) in [6.07, 6.45) is 11.2. The van der Waals surface area contributed by atoms with E-state index in [-0.39, 0.29) is 0 Å². The van der Waals surface area contributed by atoms with Gasteiger partial charge in [0.1, 0.15) is 0 Å². The number of carboxylic acids is 1. The van der Waals surface area contributed by atoms with Gasteiger partial charge in [0.15, 0.2) is 0 Å². The van der Waals surface area contributed by atoms with E-state index in [1.807, 2.05) is 0 Å². The first-order valence-electron chi connectivity index (χ1n) is 5.14. The first-order chi connectivity index (χ1) is 6.27. The SMILES string of the molecule is CC/C=C/CCCCCCC(=O)O. The molecule has 2 heteroatoms. The summed E-state index contributed by atoms with van der Waals surface area (Å²) in [5, 5.41) is 8.37. The van der Waals surface area contributed by atoms with E-state index in [0.29, 0.717) is 6.42 Å². The molecule has 0 aliphatic heterocycles. The Kier molecular flexibility index (Phi) is 8.73. The van der Waals surface area contributed by atoms with Crippen LogP contribution in [-0.2, 0) is 4.79 Å². The van der Waals surface area contributed by atoms with Gasteiger partial charge in [-0.15, -0.1) is 0 Å². The summed E-state index contributed by atoms with van der Waals surface area (Å²) < 4.78 is 0. The Bertz CT molecular complexity index is 150. The lowest BCUT2D eigenvalue weighted by atomic mass is 10.1. The van der Waals surface area contributed by atoms with Crippen LogP contribution in [0.25, 0.3) is 0 Å². The van der Waals surface area contributed by atoms with E-state index >= 15 is 0 Å². The Morgan fingerprint density at radius 2 is 1.85 bits per heavy atom. The van der Waals surface area contributed by atoms with Crippen molar-refractivity contribution >= 4 is 5.97 Å². The van der Waals surface area contributed by atoms with E-state index in [0.717, 1.165) is 32.1 Å². The summed E-state index contributed by atoms with van der Waals surface area (Å²) >= 11 is 0. The number of hydrogen-bond donors (Lipinski definition) is 1. The van der Waals surface area contributed by atoms with Crippen molar-refractivity contribution < 1.29 is 9.90 Å². The smallest absolute Gasteiger partial charge is 0.303 e. The van der Waals surface area contributed by atoms with E-state index in [9.17, 15) is 4.79 Å². The number of aliphatic carboxylic acids is 1. The maximum absolute atomic E-state index is 10.2. The molecule has 0 aliphatic rings. The zero-order valence-electron chi connectivity index (χ0n) is 8.46. The number of unbranched alkanes of at least 4 members (excludes halogenated alkanes) is 4. The predicted octanol–water partition coefficient (Wildman–Crippen LogP) is 3.38. The van der Waals surface area contributed by atoms with Crippen molar-refractivity contribution in [1.29, 1.82) is 0 Å². The fourth-order valence-corrected chi connectivity index (χ4v) is 1.18. The third kappa shape index (κ3) is 11.2. The molecule has 1 N–H and O–H groups in total. The second kappa shape index (κ2) is 9.30. The van der Waals surface area contributed by atoms with Crippen LogP contribution in [0.5, 0.6) is 0 Å². The van der Waals surface area contributed by atoms with Gasteiger partial charge in [0.2, 0.25) is 0 Å². The predicted molar refractivity (Wildman–Crippen MR) is 54.8 cm³/mol. The van der Waals surface area contributed by atoms with Crippen LogP contribution in [0.3, 0.4) is 0 Å². The third-order valence-corrected chi connectivity index (χ3v) is 1.91. The molecular weight excluding hydrogens is 164 g/mol. The molecule has 0 bridgehead atoms. The molecule has 0 aromatic carbocycles. The van der Waals surface area contributed by atoms with Crippen LogP contribution in [0.2, 0.25) is 0 Å². The molecule has 76 valence electrons. The molecule has 0 aliphatic carbocycles.